The Kier molecular flexibility index (Phi) is 3.67. The van der Waals surface area contributed by atoms with Crippen molar-refractivity contribution < 1.29 is 4.79 Å². The number of carbonyl (C=O) groups is 1. The third-order valence-electron chi connectivity index (χ3n) is 4.13. The molecular formula is C14H23NO. The lowest BCUT2D eigenvalue weighted by Crippen LogP contribution is -2.30. The number of nitrogens with zero attached hydrogens (tertiary/aromatic N) is 1. The van der Waals surface area contributed by atoms with E-state index in [4.69, 9.17) is 0 Å². The highest BCUT2D eigenvalue weighted by Crippen LogP contribution is 2.44. The van der Waals surface area contributed by atoms with Crippen LogP contribution in [0.4, 0.5) is 0 Å². The zero-order valence-corrected chi connectivity index (χ0v) is 10.5. The molecule has 2 heteroatoms. The monoisotopic (exact) mass is 221 g/mol. The minimum absolute atomic E-state index is 0.347. The van der Waals surface area contributed by atoms with E-state index in [2.05, 4.69) is 19.1 Å². The van der Waals surface area contributed by atoms with E-state index in [-0.39, 0.29) is 0 Å². The number of allylic oxidation sites excluding steroid dienone is 2. The highest BCUT2D eigenvalue weighted by atomic mass is 16.2. The first kappa shape index (κ1) is 11.7. The second kappa shape index (κ2) is 5.03. The summed E-state index contributed by atoms with van der Waals surface area (Å²) >= 11 is 0. The molecule has 3 unspecified atom stereocenters. The maximum absolute atomic E-state index is 12.0. The Morgan fingerprint density at radius 1 is 1.38 bits per heavy atom. The van der Waals surface area contributed by atoms with Crippen LogP contribution in [0, 0.1) is 17.8 Å². The van der Waals surface area contributed by atoms with Gasteiger partial charge in [0.25, 0.3) is 0 Å². The first-order valence-corrected chi connectivity index (χ1v) is 6.63. The summed E-state index contributed by atoms with van der Waals surface area (Å²) in [5, 5.41) is 0. The van der Waals surface area contributed by atoms with Crippen molar-refractivity contribution in [3.8, 4) is 0 Å². The maximum Gasteiger partial charge on any atom is 0.222 e. The molecule has 2 aliphatic carbocycles. The first-order chi connectivity index (χ1) is 7.70. The summed E-state index contributed by atoms with van der Waals surface area (Å²) in [6.07, 6.45) is 10.3. The van der Waals surface area contributed by atoms with Crippen molar-refractivity contribution in [3.63, 3.8) is 0 Å². The number of amides is 1. The molecule has 2 nitrogen and oxygen atoms in total. The Hall–Kier alpha value is -0.790. The van der Waals surface area contributed by atoms with Crippen LogP contribution in [0.25, 0.3) is 0 Å². The summed E-state index contributed by atoms with van der Waals surface area (Å²) in [7, 11) is 1.95. The summed E-state index contributed by atoms with van der Waals surface area (Å²) in [6.45, 7) is 3.09. The van der Waals surface area contributed by atoms with E-state index in [9.17, 15) is 4.79 Å². The highest BCUT2D eigenvalue weighted by molar-refractivity contribution is 5.76. The van der Waals surface area contributed by atoms with E-state index < -0.39 is 0 Å². The van der Waals surface area contributed by atoms with E-state index in [1.807, 2.05) is 11.9 Å². The van der Waals surface area contributed by atoms with Gasteiger partial charge in [0.05, 0.1) is 0 Å². The van der Waals surface area contributed by atoms with Gasteiger partial charge in [-0.15, -0.1) is 0 Å². The molecule has 1 fully saturated rings. The molecule has 2 rings (SSSR count). The molecule has 0 heterocycles. The van der Waals surface area contributed by atoms with Crippen molar-refractivity contribution in [2.24, 2.45) is 17.8 Å². The van der Waals surface area contributed by atoms with Gasteiger partial charge in [-0.2, -0.15) is 0 Å². The standard InChI is InChI=1S/C14H23NO/c1-3-4-7-15(2)14(16)10-13-9-11-5-6-12(13)8-11/h5-6,11-13H,3-4,7-10H2,1-2H3. The van der Waals surface area contributed by atoms with Crippen molar-refractivity contribution in [1.29, 1.82) is 0 Å². The second-order valence-electron chi connectivity index (χ2n) is 5.41. The van der Waals surface area contributed by atoms with Crippen LogP contribution in [0.5, 0.6) is 0 Å². The van der Waals surface area contributed by atoms with E-state index in [1.165, 1.54) is 12.8 Å². The highest BCUT2D eigenvalue weighted by Gasteiger charge is 2.36. The van der Waals surface area contributed by atoms with Crippen LogP contribution >= 0.6 is 0 Å². The Morgan fingerprint density at radius 2 is 2.19 bits per heavy atom. The summed E-state index contributed by atoms with van der Waals surface area (Å²) in [6, 6.07) is 0. The number of hydrogen-bond donors (Lipinski definition) is 0. The molecule has 0 spiro atoms. The molecule has 2 aliphatic rings. The van der Waals surface area contributed by atoms with Crippen LogP contribution < -0.4 is 0 Å². The van der Waals surface area contributed by atoms with Crippen molar-refractivity contribution in [3.05, 3.63) is 12.2 Å². The predicted molar refractivity (Wildman–Crippen MR) is 66.0 cm³/mol. The minimum Gasteiger partial charge on any atom is -0.346 e. The topological polar surface area (TPSA) is 20.3 Å². The fourth-order valence-corrected chi connectivity index (χ4v) is 3.03. The van der Waals surface area contributed by atoms with Crippen molar-refractivity contribution in [2.45, 2.75) is 39.0 Å². The van der Waals surface area contributed by atoms with Gasteiger partial charge in [-0.05, 0) is 37.0 Å². The van der Waals surface area contributed by atoms with Gasteiger partial charge in [0.1, 0.15) is 0 Å². The Balaban J connectivity index is 1.77. The van der Waals surface area contributed by atoms with Crippen molar-refractivity contribution in [1.82, 2.24) is 4.90 Å². The van der Waals surface area contributed by atoms with Gasteiger partial charge in [-0.3, -0.25) is 4.79 Å². The molecule has 0 aliphatic heterocycles. The second-order valence-corrected chi connectivity index (χ2v) is 5.41. The van der Waals surface area contributed by atoms with Gasteiger partial charge < -0.3 is 4.90 Å². The molecule has 16 heavy (non-hydrogen) atoms. The van der Waals surface area contributed by atoms with E-state index >= 15 is 0 Å². The summed E-state index contributed by atoms with van der Waals surface area (Å²) in [5.74, 6) is 2.46. The zero-order valence-electron chi connectivity index (χ0n) is 10.5. The zero-order chi connectivity index (χ0) is 11.5. The molecule has 0 aromatic rings. The number of fused-ring (bicyclic) bond motifs is 2. The molecular weight excluding hydrogens is 198 g/mol. The summed E-state index contributed by atoms with van der Waals surface area (Å²) in [5.41, 5.74) is 0. The average Bonchev–Trinajstić information content (AvgIpc) is 2.87. The summed E-state index contributed by atoms with van der Waals surface area (Å²) in [4.78, 5) is 13.9. The fraction of sp³-hybridized carbons (Fsp3) is 0.786. The van der Waals surface area contributed by atoms with Crippen LogP contribution in [0.3, 0.4) is 0 Å². The van der Waals surface area contributed by atoms with Crippen LogP contribution in [-0.4, -0.2) is 24.4 Å². The first-order valence-electron chi connectivity index (χ1n) is 6.63. The lowest BCUT2D eigenvalue weighted by Gasteiger charge is -2.22. The van der Waals surface area contributed by atoms with Gasteiger partial charge in [-0.1, -0.05) is 25.5 Å². The van der Waals surface area contributed by atoms with Crippen molar-refractivity contribution in [2.75, 3.05) is 13.6 Å². The normalized spacial score (nSPS) is 31.0. The van der Waals surface area contributed by atoms with E-state index in [1.54, 1.807) is 0 Å². The number of unbranched alkanes of at least 4 members (excludes halogenated alkanes) is 1. The predicted octanol–water partition coefficient (Wildman–Crippen LogP) is 2.85. The molecule has 0 saturated heterocycles. The molecule has 90 valence electrons. The number of carbonyl (C=O) groups excluding carboxylic acids is 1. The van der Waals surface area contributed by atoms with Crippen LogP contribution in [-0.2, 0) is 4.79 Å². The van der Waals surface area contributed by atoms with Crippen LogP contribution in [0.2, 0.25) is 0 Å². The average molecular weight is 221 g/mol. The Morgan fingerprint density at radius 3 is 2.75 bits per heavy atom. The van der Waals surface area contributed by atoms with Gasteiger partial charge in [0, 0.05) is 20.0 Å². The Labute approximate surface area is 98.7 Å². The SMILES string of the molecule is CCCCN(C)C(=O)CC1CC2C=CC1C2. The molecule has 0 radical (unpaired) electrons. The molecule has 1 amide bonds. The maximum atomic E-state index is 12.0. The number of rotatable bonds is 5. The van der Waals surface area contributed by atoms with Gasteiger partial charge in [0.2, 0.25) is 5.91 Å². The minimum atomic E-state index is 0.347. The lowest BCUT2D eigenvalue weighted by atomic mass is 9.90. The molecule has 0 N–H and O–H groups in total. The van der Waals surface area contributed by atoms with Crippen LogP contribution in [0.1, 0.15) is 39.0 Å². The number of hydrogen-bond acceptors (Lipinski definition) is 1. The van der Waals surface area contributed by atoms with Crippen LogP contribution in [0.15, 0.2) is 12.2 Å². The van der Waals surface area contributed by atoms with E-state index in [0.717, 1.165) is 31.7 Å². The quantitative estimate of drug-likeness (QED) is 0.654. The van der Waals surface area contributed by atoms with Crippen molar-refractivity contribution >= 4 is 5.91 Å². The largest absolute Gasteiger partial charge is 0.346 e. The summed E-state index contributed by atoms with van der Waals surface area (Å²) < 4.78 is 0. The van der Waals surface area contributed by atoms with Gasteiger partial charge in [0.15, 0.2) is 0 Å². The third kappa shape index (κ3) is 2.47. The fourth-order valence-electron chi connectivity index (χ4n) is 3.03. The molecule has 0 aromatic heterocycles. The van der Waals surface area contributed by atoms with Gasteiger partial charge >= 0.3 is 0 Å². The van der Waals surface area contributed by atoms with Gasteiger partial charge in [-0.25, -0.2) is 0 Å². The molecule has 3 atom stereocenters. The van der Waals surface area contributed by atoms with E-state index in [0.29, 0.717) is 17.7 Å². The molecule has 2 bridgehead atoms. The molecule has 0 aromatic carbocycles. The molecule has 1 saturated carbocycles. The Bertz CT molecular complexity index is 284. The lowest BCUT2D eigenvalue weighted by molar-refractivity contribution is -0.131. The third-order valence-corrected chi connectivity index (χ3v) is 4.13. The smallest absolute Gasteiger partial charge is 0.222 e.